The van der Waals surface area contributed by atoms with Crippen molar-refractivity contribution < 1.29 is 19.4 Å². The standard InChI is InChI=1S/C22H23BrN2O4/c1-3-4-7-12-25-19(16-8-5-6-11-24-16)18(21(27)22(25)28)20(26)14-9-10-17(29-2)15(23)13-14/h5-6,8-11,13,19,26H,3-4,7,12H2,1-2H3/b20-18-. The van der Waals surface area contributed by atoms with E-state index < -0.39 is 17.7 Å². The highest BCUT2D eigenvalue weighted by Gasteiger charge is 2.46. The molecule has 152 valence electrons. The Kier molecular flexibility index (Phi) is 6.69. The summed E-state index contributed by atoms with van der Waals surface area (Å²) in [5, 5.41) is 11.0. The summed E-state index contributed by atoms with van der Waals surface area (Å²) in [7, 11) is 1.54. The molecule has 1 atom stereocenters. The lowest BCUT2D eigenvalue weighted by Gasteiger charge is -2.24. The molecule has 0 radical (unpaired) electrons. The number of carbonyl (C=O) groups excluding carboxylic acids is 2. The second kappa shape index (κ2) is 9.22. The molecule has 1 saturated heterocycles. The number of halogens is 1. The van der Waals surface area contributed by atoms with Gasteiger partial charge in [-0.2, -0.15) is 0 Å². The van der Waals surface area contributed by atoms with Crippen molar-refractivity contribution in [1.82, 2.24) is 9.88 Å². The second-order valence-electron chi connectivity index (χ2n) is 6.80. The summed E-state index contributed by atoms with van der Waals surface area (Å²) in [6, 6.07) is 9.63. The van der Waals surface area contributed by atoms with Crippen LogP contribution in [0.5, 0.6) is 5.75 Å². The number of pyridine rings is 1. The van der Waals surface area contributed by atoms with E-state index in [-0.39, 0.29) is 11.3 Å². The molecule has 2 heterocycles. The van der Waals surface area contributed by atoms with E-state index in [2.05, 4.69) is 27.8 Å². The molecule has 1 amide bonds. The minimum atomic E-state index is -0.714. The number of aliphatic hydroxyl groups is 1. The van der Waals surface area contributed by atoms with E-state index in [0.717, 1.165) is 19.3 Å². The highest BCUT2D eigenvalue weighted by Crippen LogP contribution is 2.39. The summed E-state index contributed by atoms with van der Waals surface area (Å²) in [6.45, 7) is 2.51. The monoisotopic (exact) mass is 458 g/mol. The number of benzene rings is 1. The second-order valence-corrected chi connectivity index (χ2v) is 7.66. The van der Waals surface area contributed by atoms with Gasteiger partial charge >= 0.3 is 0 Å². The lowest BCUT2D eigenvalue weighted by atomic mass is 9.98. The summed E-state index contributed by atoms with van der Waals surface area (Å²) in [5.41, 5.74) is 1.03. The van der Waals surface area contributed by atoms with Crippen LogP contribution in [0.1, 0.15) is 43.5 Å². The maximum absolute atomic E-state index is 12.9. The molecule has 29 heavy (non-hydrogen) atoms. The molecule has 1 aromatic carbocycles. The quantitative estimate of drug-likeness (QED) is 0.286. The van der Waals surface area contributed by atoms with Crippen LogP contribution in [0.15, 0.2) is 52.6 Å². The van der Waals surface area contributed by atoms with Crippen LogP contribution < -0.4 is 4.74 Å². The first kappa shape index (κ1) is 21.0. The van der Waals surface area contributed by atoms with Crippen molar-refractivity contribution in [3.8, 4) is 5.75 Å². The van der Waals surface area contributed by atoms with Crippen LogP contribution in [0.4, 0.5) is 0 Å². The molecule has 1 aromatic heterocycles. The number of rotatable bonds is 7. The highest BCUT2D eigenvalue weighted by atomic mass is 79.9. The van der Waals surface area contributed by atoms with Crippen molar-refractivity contribution in [2.75, 3.05) is 13.7 Å². The Morgan fingerprint density at radius 3 is 2.66 bits per heavy atom. The number of ether oxygens (including phenoxy) is 1. The summed E-state index contributed by atoms with van der Waals surface area (Å²) >= 11 is 3.39. The Labute approximate surface area is 178 Å². The minimum absolute atomic E-state index is 0.0577. The summed E-state index contributed by atoms with van der Waals surface area (Å²) in [5.74, 6) is -0.921. The highest BCUT2D eigenvalue weighted by molar-refractivity contribution is 9.10. The number of unbranched alkanes of at least 4 members (excludes halogenated alkanes) is 2. The molecule has 0 spiro atoms. The first-order valence-electron chi connectivity index (χ1n) is 9.52. The SMILES string of the molecule is CCCCCN1C(=O)C(=O)/C(=C(\O)c2ccc(OC)c(Br)c2)C1c1ccccn1. The predicted molar refractivity (Wildman–Crippen MR) is 113 cm³/mol. The molecule has 1 N–H and O–H groups in total. The van der Waals surface area contributed by atoms with Gasteiger partial charge in [0.15, 0.2) is 0 Å². The van der Waals surface area contributed by atoms with Crippen molar-refractivity contribution in [3.63, 3.8) is 0 Å². The largest absolute Gasteiger partial charge is 0.507 e. The molecule has 0 bridgehead atoms. The average Bonchev–Trinajstić information content (AvgIpc) is 2.99. The summed E-state index contributed by atoms with van der Waals surface area (Å²) < 4.78 is 5.86. The number of methoxy groups -OCH3 is 1. The smallest absolute Gasteiger partial charge is 0.295 e. The fraction of sp³-hybridized carbons (Fsp3) is 0.318. The Balaban J connectivity index is 2.11. The van der Waals surface area contributed by atoms with Crippen LogP contribution in [0, 0.1) is 0 Å². The molecular formula is C22H23BrN2O4. The normalized spacial score (nSPS) is 18.3. The lowest BCUT2D eigenvalue weighted by molar-refractivity contribution is -0.140. The van der Waals surface area contributed by atoms with E-state index in [4.69, 9.17) is 4.74 Å². The van der Waals surface area contributed by atoms with Gasteiger partial charge < -0.3 is 14.7 Å². The number of aromatic nitrogens is 1. The number of carbonyl (C=O) groups is 2. The zero-order valence-corrected chi connectivity index (χ0v) is 18.0. The van der Waals surface area contributed by atoms with E-state index in [1.165, 1.54) is 4.90 Å². The molecule has 1 aliphatic rings. The van der Waals surface area contributed by atoms with Gasteiger partial charge in [-0.15, -0.1) is 0 Å². The lowest BCUT2D eigenvalue weighted by Crippen LogP contribution is -2.31. The number of ketones is 1. The van der Waals surface area contributed by atoms with Gasteiger partial charge in [-0.05, 0) is 52.7 Å². The zero-order chi connectivity index (χ0) is 21.0. The fourth-order valence-corrected chi connectivity index (χ4v) is 4.00. The maximum atomic E-state index is 12.9. The Morgan fingerprint density at radius 1 is 1.24 bits per heavy atom. The van der Waals surface area contributed by atoms with E-state index >= 15 is 0 Å². The molecule has 1 aliphatic heterocycles. The molecule has 7 heteroatoms. The zero-order valence-electron chi connectivity index (χ0n) is 16.4. The Bertz CT molecular complexity index is 943. The van der Waals surface area contributed by atoms with Gasteiger partial charge in [0.05, 0.1) is 22.8 Å². The third kappa shape index (κ3) is 4.19. The number of amides is 1. The van der Waals surface area contributed by atoms with E-state index in [0.29, 0.717) is 28.0 Å². The van der Waals surface area contributed by atoms with Crippen LogP contribution >= 0.6 is 15.9 Å². The van der Waals surface area contributed by atoms with Crippen LogP contribution in [0.2, 0.25) is 0 Å². The number of likely N-dealkylation sites (tertiary alicyclic amines) is 1. The molecule has 0 saturated carbocycles. The number of nitrogens with zero attached hydrogens (tertiary/aromatic N) is 2. The predicted octanol–water partition coefficient (Wildman–Crippen LogP) is 4.46. The van der Waals surface area contributed by atoms with Crippen molar-refractivity contribution in [1.29, 1.82) is 0 Å². The van der Waals surface area contributed by atoms with Crippen molar-refractivity contribution in [3.05, 3.63) is 63.9 Å². The minimum Gasteiger partial charge on any atom is -0.507 e. The van der Waals surface area contributed by atoms with Crippen molar-refractivity contribution >= 4 is 33.4 Å². The molecule has 3 rings (SSSR count). The number of aliphatic hydroxyl groups excluding tert-OH is 1. The van der Waals surface area contributed by atoms with Gasteiger partial charge in [0.1, 0.15) is 17.6 Å². The van der Waals surface area contributed by atoms with Gasteiger partial charge in [0.25, 0.3) is 11.7 Å². The first-order valence-corrected chi connectivity index (χ1v) is 10.3. The molecule has 1 fully saturated rings. The average molecular weight is 459 g/mol. The van der Waals surface area contributed by atoms with Gasteiger partial charge in [0, 0.05) is 18.3 Å². The van der Waals surface area contributed by atoms with Gasteiger partial charge in [-0.1, -0.05) is 25.8 Å². The fourth-order valence-electron chi connectivity index (χ4n) is 3.46. The van der Waals surface area contributed by atoms with Crippen molar-refractivity contribution in [2.45, 2.75) is 32.2 Å². The van der Waals surface area contributed by atoms with Crippen LogP contribution in [-0.2, 0) is 9.59 Å². The van der Waals surface area contributed by atoms with Gasteiger partial charge in [-0.25, -0.2) is 0 Å². The third-order valence-corrected chi connectivity index (χ3v) is 5.56. The Morgan fingerprint density at radius 2 is 2.03 bits per heavy atom. The van der Waals surface area contributed by atoms with E-state index in [1.807, 2.05) is 0 Å². The first-order chi connectivity index (χ1) is 14.0. The maximum Gasteiger partial charge on any atom is 0.295 e. The van der Waals surface area contributed by atoms with Gasteiger partial charge in [0.2, 0.25) is 0 Å². The molecule has 0 aliphatic carbocycles. The number of hydrogen-bond donors (Lipinski definition) is 1. The van der Waals surface area contributed by atoms with Crippen LogP contribution in [0.25, 0.3) is 5.76 Å². The van der Waals surface area contributed by atoms with Crippen molar-refractivity contribution in [2.24, 2.45) is 0 Å². The summed E-state index contributed by atoms with van der Waals surface area (Å²) in [6.07, 6.45) is 4.34. The number of Topliss-reactive ketones (excluding diaryl/α,β-unsaturated/α-hetero) is 1. The number of hydrogen-bond acceptors (Lipinski definition) is 5. The molecule has 1 unspecified atom stereocenters. The topological polar surface area (TPSA) is 79.7 Å². The van der Waals surface area contributed by atoms with E-state index in [9.17, 15) is 14.7 Å². The van der Waals surface area contributed by atoms with Crippen LogP contribution in [0.3, 0.4) is 0 Å². The molecular weight excluding hydrogens is 436 g/mol. The third-order valence-electron chi connectivity index (χ3n) is 4.94. The van der Waals surface area contributed by atoms with Gasteiger partial charge in [-0.3, -0.25) is 14.6 Å². The Hall–Kier alpha value is -2.67. The molecule has 6 nitrogen and oxygen atoms in total. The van der Waals surface area contributed by atoms with E-state index in [1.54, 1.807) is 49.7 Å². The molecule has 2 aromatic rings. The van der Waals surface area contributed by atoms with Crippen LogP contribution in [-0.4, -0.2) is 40.3 Å². The summed E-state index contributed by atoms with van der Waals surface area (Å²) in [4.78, 5) is 31.5.